The van der Waals surface area contributed by atoms with Crippen LogP contribution in [0.2, 0.25) is 5.02 Å². The van der Waals surface area contributed by atoms with Crippen molar-refractivity contribution in [2.45, 2.75) is 13.2 Å². The van der Waals surface area contributed by atoms with Crippen molar-refractivity contribution in [3.63, 3.8) is 0 Å². The van der Waals surface area contributed by atoms with Crippen molar-refractivity contribution >= 4 is 27.5 Å². The van der Waals surface area contributed by atoms with E-state index in [9.17, 15) is 0 Å². The number of rotatable bonds is 5. The first kappa shape index (κ1) is 15.2. The van der Waals surface area contributed by atoms with Gasteiger partial charge in [-0.15, -0.1) is 0 Å². The van der Waals surface area contributed by atoms with Crippen molar-refractivity contribution in [3.05, 3.63) is 57.0 Å². The fraction of sp³-hybridized carbons (Fsp3) is 0.200. The Morgan fingerprint density at radius 3 is 2.45 bits per heavy atom. The Morgan fingerprint density at radius 2 is 1.85 bits per heavy atom. The number of halogens is 2. The van der Waals surface area contributed by atoms with E-state index in [-0.39, 0.29) is 0 Å². The largest absolute Gasteiger partial charge is 0.493 e. The van der Waals surface area contributed by atoms with Crippen LogP contribution in [0, 0.1) is 0 Å². The van der Waals surface area contributed by atoms with E-state index in [0.717, 1.165) is 15.6 Å². The molecule has 0 aliphatic heterocycles. The molecule has 0 fully saturated rings. The Hall–Kier alpha value is -1.23. The molecular formula is C15H15BrClNO2. The standard InChI is InChI=1S/C15H15BrClNO2/c1-19-14-7-11(8-18)6-13(16)15(14)20-9-10-2-4-12(17)5-3-10/h2-7H,8-9,18H2,1H3. The summed E-state index contributed by atoms with van der Waals surface area (Å²) in [4.78, 5) is 0. The normalized spacial score (nSPS) is 10.4. The molecule has 3 nitrogen and oxygen atoms in total. The van der Waals surface area contributed by atoms with Gasteiger partial charge in [-0.05, 0) is 51.3 Å². The summed E-state index contributed by atoms with van der Waals surface area (Å²) >= 11 is 9.34. The van der Waals surface area contributed by atoms with Crippen LogP contribution in [0.15, 0.2) is 40.9 Å². The lowest BCUT2D eigenvalue weighted by Crippen LogP contribution is -2.01. The SMILES string of the molecule is COc1cc(CN)cc(Br)c1OCc1ccc(Cl)cc1. The van der Waals surface area contributed by atoms with Crippen molar-refractivity contribution in [2.75, 3.05) is 7.11 Å². The van der Waals surface area contributed by atoms with Crippen molar-refractivity contribution in [2.24, 2.45) is 5.73 Å². The number of hydrogen-bond acceptors (Lipinski definition) is 3. The highest BCUT2D eigenvalue weighted by Gasteiger charge is 2.11. The van der Waals surface area contributed by atoms with Crippen molar-refractivity contribution in [3.8, 4) is 11.5 Å². The summed E-state index contributed by atoms with van der Waals surface area (Å²) in [7, 11) is 1.61. The molecule has 5 heteroatoms. The lowest BCUT2D eigenvalue weighted by molar-refractivity contribution is 0.282. The summed E-state index contributed by atoms with van der Waals surface area (Å²) in [6.07, 6.45) is 0. The van der Waals surface area contributed by atoms with E-state index in [4.69, 9.17) is 26.8 Å². The van der Waals surface area contributed by atoms with Gasteiger partial charge in [-0.2, -0.15) is 0 Å². The molecule has 2 aromatic carbocycles. The summed E-state index contributed by atoms with van der Waals surface area (Å²) in [6.45, 7) is 0.889. The fourth-order valence-corrected chi connectivity index (χ4v) is 2.50. The Morgan fingerprint density at radius 1 is 1.15 bits per heavy atom. The second-order valence-electron chi connectivity index (χ2n) is 4.23. The fourth-order valence-electron chi connectivity index (χ4n) is 1.77. The molecule has 0 spiro atoms. The minimum Gasteiger partial charge on any atom is -0.493 e. The summed E-state index contributed by atoms with van der Waals surface area (Å²) in [5, 5.41) is 0.708. The van der Waals surface area contributed by atoms with E-state index in [1.807, 2.05) is 36.4 Å². The molecule has 2 rings (SSSR count). The number of benzene rings is 2. The molecule has 0 atom stereocenters. The maximum absolute atomic E-state index is 5.85. The van der Waals surface area contributed by atoms with Gasteiger partial charge in [0, 0.05) is 11.6 Å². The Labute approximate surface area is 131 Å². The topological polar surface area (TPSA) is 44.5 Å². The van der Waals surface area contributed by atoms with Gasteiger partial charge < -0.3 is 15.2 Å². The van der Waals surface area contributed by atoms with Crippen LogP contribution in [-0.2, 0) is 13.2 Å². The van der Waals surface area contributed by atoms with E-state index in [1.54, 1.807) is 7.11 Å². The van der Waals surface area contributed by atoms with Gasteiger partial charge in [-0.25, -0.2) is 0 Å². The Kier molecular flexibility index (Phi) is 5.29. The number of methoxy groups -OCH3 is 1. The second-order valence-corrected chi connectivity index (χ2v) is 5.52. The van der Waals surface area contributed by atoms with Crippen LogP contribution in [-0.4, -0.2) is 7.11 Å². The highest BCUT2D eigenvalue weighted by atomic mass is 79.9. The zero-order valence-corrected chi connectivity index (χ0v) is 13.4. The third-order valence-corrected chi connectivity index (χ3v) is 3.66. The van der Waals surface area contributed by atoms with E-state index in [2.05, 4.69) is 15.9 Å². The quantitative estimate of drug-likeness (QED) is 0.875. The first-order valence-corrected chi connectivity index (χ1v) is 7.25. The van der Waals surface area contributed by atoms with Gasteiger partial charge in [0.1, 0.15) is 6.61 Å². The maximum Gasteiger partial charge on any atom is 0.175 e. The molecule has 0 unspecified atom stereocenters. The highest BCUT2D eigenvalue weighted by molar-refractivity contribution is 9.10. The van der Waals surface area contributed by atoms with Crippen LogP contribution in [0.3, 0.4) is 0 Å². The van der Waals surface area contributed by atoms with Crippen molar-refractivity contribution < 1.29 is 9.47 Å². The molecule has 0 heterocycles. The summed E-state index contributed by atoms with van der Waals surface area (Å²) in [5.41, 5.74) is 7.65. The molecule has 2 aromatic rings. The Bertz CT molecular complexity index is 587. The average molecular weight is 357 g/mol. The van der Waals surface area contributed by atoms with Crippen molar-refractivity contribution in [1.29, 1.82) is 0 Å². The first-order valence-electron chi connectivity index (χ1n) is 6.07. The molecule has 0 saturated carbocycles. The van der Waals surface area contributed by atoms with Crippen LogP contribution < -0.4 is 15.2 Å². The van der Waals surface area contributed by atoms with Crippen LogP contribution in [0.1, 0.15) is 11.1 Å². The first-order chi connectivity index (χ1) is 9.63. The van der Waals surface area contributed by atoms with Gasteiger partial charge in [0.25, 0.3) is 0 Å². The van der Waals surface area contributed by atoms with Crippen LogP contribution in [0.5, 0.6) is 11.5 Å². The molecule has 0 radical (unpaired) electrons. The number of nitrogens with two attached hydrogens (primary N) is 1. The van der Waals surface area contributed by atoms with Gasteiger partial charge in [0.15, 0.2) is 11.5 Å². The lowest BCUT2D eigenvalue weighted by atomic mass is 10.2. The minimum atomic E-state index is 0.439. The molecular weight excluding hydrogens is 342 g/mol. The van der Waals surface area contributed by atoms with E-state index >= 15 is 0 Å². The zero-order valence-electron chi connectivity index (χ0n) is 11.0. The molecule has 0 aromatic heterocycles. The number of hydrogen-bond donors (Lipinski definition) is 1. The van der Waals surface area contributed by atoms with Crippen molar-refractivity contribution in [1.82, 2.24) is 0 Å². The monoisotopic (exact) mass is 355 g/mol. The van der Waals surface area contributed by atoms with E-state index in [1.165, 1.54) is 0 Å². The Balaban J connectivity index is 2.18. The van der Waals surface area contributed by atoms with E-state index < -0.39 is 0 Å². The minimum absolute atomic E-state index is 0.439. The maximum atomic E-state index is 5.85. The molecule has 0 saturated heterocycles. The zero-order chi connectivity index (χ0) is 14.5. The average Bonchev–Trinajstić information content (AvgIpc) is 2.47. The summed E-state index contributed by atoms with van der Waals surface area (Å²) in [6, 6.07) is 11.3. The molecule has 0 bridgehead atoms. The summed E-state index contributed by atoms with van der Waals surface area (Å²) < 4.78 is 12.0. The molecule has 106 valence electrons. The highest BCUT2D eigenvalue weighted by Crippen LogP contribution is 2.37. The van der Waals surface area contributed by atoms with E-state index in [0.29, 0.717) is 29.7 Å². The van der Waals surface area contributed by atoms with Gasteiger partial charge in [0.2, 0.25) is 0 Å². The third-order valence-electron chi connectivity index (χ3n) is 2.82. The van der Waals surface area contributed by atoms with Gasteiger partial charge in [0.05, 0.1) is 11.6 Å². The molecule has 20 heavy (non-hydrogen) atoms. The van der Waals surface area contributed by atoms with Crippen LogP contribution in [0.4, 0.5) is 0 Å². The predicted octanol–water partition coefficient (Wildman–Crippen LogP) is 4.15. The number of ether oxygens (including phenoxy) is 2. The molecule has 0 amide bonds. The van der Waals surface area contributed by atoms with Gasteiger partial charge in [-0.1, -0.05) is 23.7 Å². The molecule has 0 aliphatic carbocycles. The lowest BCUT2D eigenvalue weighted by Gasteiger charge is -2.14. The molecule has 2 N–H and O–H groups in total. The summed E-state index contributed by atoms with van der Waals surface area (Å²) in [5.74, 6) is 1.33. The van der Waals surface area contributed by atoms with Gasteiger partial charge in [-0.3, -0.25) is 0 Å². The molecule has 0 aliphatic rings. The third kappa shape index (κ3) is 3.66. The second kappa shape index (κ2) is 6.97. The smallest absolute Gasteiger partial charge is 0.175 e. The van der Waals surface area contributed by atoms with Gasteiger partial charge >= 0.3 is 0 Å². The predicted molar refractivity (Wildman–Crippen MR) is 84.4 cm³/mol. The van der Waals surface area contributed by atoms with Crippen LogP contribution in [0.25, 0.3) is 0 Å². The van der Waals surface area contributed by atoms with Crippen LogP contribution >= 0.6 is 27.5 Å².